The van der Waals surface area contributed by atoms with Crippen molar-refractivity contribution in [3.8, 4) is 0 Å². The highest BCUT2D eigenvalue weighted by Crippen LogP contribution is 2.57. The van der Waals surface area contributed by atoms with Crippen LogP contribution in [0.5, 0.6) is 0 Å². The van der Waals surface area contributed by atoms with Crippen LogP contribution in [-0.4, -0.2) is 25.3 Å². The fraction of sp³-hybridized carbons (Fsp3) is 0.667. The normalized spacial score (nSPS) is 39.9. The Morgan fingerprint density at radius 3 is 3.06 bits per heavy atom. The van der Waals surface area contributed by atoms with Crippen LogP contribution in [0.25, 0.3) is 0 Å². The maximum atomic E-state index is 10.9. The predicted molar refractivity (Wildman–Crippen MR) is 67.8 cm³/mol. The van der Waals surface area contributed by atoms with Crippen molar-refractivity contribution in [2.24, 2.45) is 23.7 Å². The molecule has 0 spiro atoms. The van der Waals surface area contributed by atoms with Gasteiger partial charge in [0, 0.05) is 6.08 Å². The van der Waals surface area contributed by atoms with Gasteiger partial charge in [-0.3, -0.25) is 0 Å². The van der Waals surface area contributed by atoms with Gasteiger partial charge in [0.05, 0.1) is 12.7 Å². The van der Waals surface area contributed by atoms with Gasteiger partial charge in [-0.15, -0.1) is 0 Å². The molecule has 0 radical (unpaired) electrons. The Kier molecular flexibility index (Phi) is 3.25. The van der Waals surface area contributed by atoms with E-state index in [1.165, 1.54) is 25.3 Å². The van der Waals surface area contributed by atoms with Crippen LogP contribution in [0, 0.1) is 23.7 Å². The van der Waals surface area contributed by atoms with Crippen LogP contribution in [0.4, 0.5) is 0 Å². The summed E-state index contributed by atoms with van der Waals surface area (Å²) in [6, 6.07) is 0. The standard InChI is InChI=1S/C15H20O3/c1-2-15(16)18-7-6-17-14-9-10-8-13(14)12-5-3-4-11(10)12/h2-4,10-14H,1,5-9H2/t10-,11-,12+,13-,14+/m1/s1. The second kappa shape index (κ2) is 4.88. The van der Waals surface area contributed by atoms with E-state index in [0.29, 0.717) is 19.3 Å². The van der Waals surface area contributed by atoms with Crippen molar-refractivity contribution in [2.45, 2.75) is 25.4 Å². The van der Waals surface area contributed by atoms with Gasteiger partial charge in [-0.25, -0.2) is 4.79 Å². The molecule has 0 N–H and O–H groups in total. The Balaban J connectivity index is 1.43. The van der Waals surface area contributed by atoms with Crippen LogP contribution in [-0.2, 0) is 14.3 Å². The number of esters is 1. The lowest BCUT2D eigenvalue weighted by Crippen LogP contribution is -2.31. The fourth-order valence-corrected chi connectivity index (χ4v) is 4.09. The molecule has 0 amide bonds. The molecule has 0 heterocycles. The zero-order chi connectivity index (χ0) is 12.5. The predicted octanol–water partition coefficient (Wildman–Crippen LogP) is 2.33. The highest BCUT2D eigenvalue weighted by atomic mass is 16.6. The van der Waals surface area contributed by atoms with Gasteiger partial charge in [0.25, 0.3) is 0 Å². The van der Waals surface area contributed by atoms with E-state index in [9.17, 15) is 4.79 Å². The fourth-order valence-electron chi connectivity index (χ4n) is 4.09. The monoisotopic (exact) mass is 248 g/mol. The Morgan fingerprint density at radius 1 is 1.33 bits per heavy atom. The van der Waals surface area contributed by atoms with Crippen molar-refractivity contribution in [3.63, 3.8) is 0 Å². The average Bonchev–Trinajstić information content (AvgIpc) is 3.05. The highest BCUT2D eigenvalue weighted by Gasteiger charge is 2.52. The van der Waals surface area contributed by atoms with E-state index >= 15 is 0 Å². The number of rotatable bonds is 5. The minimum absolute atomic E-state index is 0.338. The van der Waals surface area contributed by atoms with E-state index < -0.39 is 0 Å². The maximum absolute atomic E-state index is 10.9. The Bertz CT molecular complexity index is 374. The van der Waals surface area contributed by atoms with Crippen molar-refractivity contribution >= 4 is 5.97 Å². The molecular formula is C15H20O3. The van der Waals surface area contributed by atoms with Crippen molar-refractivity contribution in [3.05, 3.63) is 24.8 Å². The zero-order valence-corrected chi connectivity index (χ0v) is 10.6. The first-order valence-electron chi connectivity index (χ1n) is 6.87. The van der Waals surface area contributed by atoms with Gasteiger partial charge in [-0.1, -0.05) is 18.7 Å². The number of fused-ring (bicyclic) bond motifs is 5. The molecule has 3 heteroatoms. The lowest BCUT2D eigenvalue weighted by atomic mass is 9.80. The second-order valence-electron chi connectivity index (χ2n) is 5.58. The van der Waals surface area contributed by atoms with Crippen molar-refractivity contribution < 1.29 is 14.3 Å². The van der Waals surface area contributed by atoms with Gasteiger partial charge in [-0.05, 0) is 42.9 Å². The highest BCUT2D eigenvalue weighted by molar-refractivity contribution is 5.81. The average molecular weight is 248 g/mol. The molecule has 2 fully saturated rings. The number of carbonyl (C=O) groups is 1. The molecule has 0 saturated heterocycles. The molecule has 0 unspecified atom stereocenters. The summed E-state index contributed by atoms with van der Waals surface area (Å²) in [7, 11) is 0. The Labute approximate surface area is 108 Å². The molecule has 18 heavy (non-hydrogen) atoms. The number of hydrogen-bond donors (Lipinski definition) is 0. The topological polar surface area (TPSA) is 35.5 Å². The van der Waals surface area contributed by atoms with Gasteiger partial charge >= 0.3 is 5.97 Å². The lowest BCUT2D eigenvalue weighted by Gasteiger charge is -2.31. The number of ether oxygens (including phenoxy) is 2. The summed E-state index contributed by atoms with van der Waals surface area (Å²) < 4.78 is 10.8. The van der Waals surface area contributed by atoms with Gasteiger partial charge < -0.3 is 9.47 Å². The quantitative estimate of drug-likeness (QED) is 0.324. The van der Waals surface area contributed by atoms with E-state index in [4.69, 9.17) is 9.47 Å². The Hall–Kier alpha value is -1.09. The summed E-state index contributed by atoms with van der Waals surface area (Å²) in [5, 5.41) is 0. The molecule has 3 aliphatic rings. The molecule has 0 aromatic rings. The minimum Gasteiger partial charge on any atom is -0.460 e. The van der Waals surface area contributed by atoms with E-state index in [-0.39, 0.29) is 5.97 Å². The zero-order valence-electron chi connectivity index (χ0n) is 10.6. The first-order chi connectivity index (χ1) is 8.79. The number of hydrogen-bond acceptors (Lipinski definition) is 3. The van der Waals surface area contributed by atoms with Crippen LogP contribution in [0.15, 0.2) is 24.8 Å². The minimum atomic E-state index is -0.369. The van der Waals surface area contributed by atoms with Crippen LogP contribution in [0.2, 0.25) is 0 Å². The summed E-state index contributed by atoms with van der Waals surface area (Å²) in [6.07, 6.45) is 10.1. The van der Waals surface area contributed by atoms with Gasteiger partial charge in [0.1, 0.15) is 6.61 Å². The van der Waals surface area contributed by atoms with Gasteiger partial charge in [0.15, 0.2) is 0 Å². The second-order valence-corrected chi connectivity index (χ2v) is 5.58. The molecule has 0 aromatic carbocycles. The maximum Gasteiger partial charge on any atom is 0.330 e. The first kappa shape index (κ1) is 12.0. The third-order valence-corrected chi connectivity index (χ3v) is 4.77. The van der Waals surface area contributed by atoms with E-state index in [0.717, 1.165) is 23.7 Å². The smallest absolute Gasteiger partial charge is 0.330 e. The van der Waals surface area contributed by atoms with Gasteiger partial charge in [0.2, 0.25) is 0 Å². The first-order valence-corrected chi connectivity index (χ1v) is 6.87. The van der Waals surface area contributed by atoms with Crippen molar-refractivity contribution in [1.29, 1.82) is 0 Å². The van der Waals surface area contributed by atoms with Gasteiger partial charge in [-0.2, -0.15) is 0 Å². The third-order valence-electron chi connectivity index (χ3n) is 4.77. The van der Waals surface area contributed by atoms with Crippen LogP contribution >= 0.6 is 0 Å². The van der Waals surface area contributed by atoms with E-state index in [1.807, 2.05) is 0 Å². The van der Waals surface area contributed by atoms with Crippen LogP contribution in [0.1, 0.15) is 19.3 Å². The number of carbonyl (C=O) groups excluding carboxylic acids is 1. The summed E-state index contributed by atoms with van der Waals surface area (Å²) in [4.78, 5) is 10.9. The molecule has 3 rings (SSSR count). The molecule has 5 atom stereocenters. The lowest BCUT2D eigenvalue weighted by molar-refractivity contribution is -0.140. The van der Waals surface area contributed by atoms with Crippen molar-refractivity contribution in [2.75, 3.05) is 13.2 Å². The van der Waals surface area contributed by atoms with E-state index in [1.54, 1.807) is 0 Å². The van der Waals surface area contributed by atoms with Crippen LogP contribution < -0.4 is 0 Å². The largest absolute Gasteiger partial charge is 0.460 e. The molecule has 2 saturated carbocycles. The summed E-state index contributed by atoms with van der Waals surface area (Å²) in [5.41, 5.74) is 0. The van der Waals surface area contributed by atoms with E-state index in [2.05, 4.69) is 18.7 Å². The summed E-state index contributed by atoms with van der Waals surface area (Å²) >= 11 is 0. The SMILES string of the molecule is C=CC(=O)OCCO[C@H]1C[C@H]2C[C@@H]1[C@H]1CC=C[C@H]21. The van der Waals surface area contributed by atoms with Crippen molar-refractivity contribution in [1.82, 2.24) is 0 Å². The third kappa shape index (κ3) is 2.01. The molecular weight excluding hydrogens is 228 g/mol. The molecule has 0 aromatic heterocycles. The number of allylic oxidation sites excluding steroid dienone is 2. The Morgan fingerprint density at radius 2 is 2.22 bits per heavy atom. The molecule has 3 nitrogen and oxygen atoms in total. The molecule has 0 aliphatic heterocycles. The molecule has 98 valence electrons. The molecule has 2 bridgehead atoms. The molecule has 3 aliphatic carbocycles. The van der Waals surface area contributed by atoms with Crippen LogP contribution in [0.3, 0.4) is 0 Å². The summed E-state index contributed by atoms with van der Waals surface area (Å²) in [6.45, 7) is 4.21. The summed E-state index contributed by atoms with van der Waals surface area (Å²) in [5.74, 6) is 2.84.